The average molecular weight is 226 g/mol. The second-order valence-corrected chi connectivity index (χ2v) is 5.22. The molecule has 0 amide bonds. The molecule has 16 heavy (non-hydrogen) atoms. The lowest BCUT2D eigenvalue weighted by molar-refractivity contribution is -0.0494. The van der Waals surface area contributed by atoms with Crippen LogP contribution in [0.4, 0.5) is 0 Å². The minimum absolute atomic E-state index is 0.630. The van der Waals surface area contributed by atoms with Crippen molar-refractivity contribution in [2.45, 2.75) is 51.1 Å². The van der Waals surface area contributed by atoms with E-state index in [2.05, 4.69) is 11.8 Å². The number of rotatable bonds is 3. The SMILES string of the molecule is CCC1COCCN1C1CCCCC1CN. The summed E-state index contributed by atoms with van der Waals surface area (Å²) in [5.74, 6) is 0.723. The van der Waals surface area contributed by atoms with Gasteiger partial charge in [-0.15, -0.1) is 0 Å². The minimum Gasteiger partial charge on any atom is -0.378 e. The van der Waals surface area contributed by atoms with E-state index >= 15 is 0 Å². The smallest absolute Gasteiger partial charge is 0.0622 e. The van der Waals surface area contributed by atoms with Crippen LogP contribution in [0.5, 0.6) is 0 Å². The average Bonchev–Trinajstić information content (AvgIpc) is 2.38. The Kier molecular flexibility index (Phi) is 4.62. The van der Waals surface area contributed by atoms with Gasteiger partial charge in [0.05, 0.1) is 13.2 Å². The number of hydrogen-bond acceptors (Lipinski definition) is 3. The van der Waals surface area contributed by atoms with Crippen molar-refractivity contribution in [2.24, 2.45) is 11.7 Å². The van der Waals surface area contributed by atoms with Crippen molar-refractivity contribution >= 4 is 0 Å². The van der Waals surface area contributed by atoms with Crippen LogP contribution in [0.1, 0.15) is 39.0 Å². The van der Waals surface area contributed by atoms with E-state index in [0.29, 0.717) is 6.04 Å². The van der Waals surface area contributed by atoms with Crippen LogP contribution in [0.3, 0.4) is 0 Å². The molecule has 0 aromatic rings. The maximum Gasteiger partial charge on any atom is 0.0622 e. The molecule has 1 saturated carbocycles. The van der Waals surface area contributed by atoms with Crippen molar-refractivity contribution in [3.63, 3.8) is 0 Å². The zero-order valence-electron chi connectivity index (χ0n) is 10.5. The first-order valence-electron chi connectivity index (χ1n) is 6.90. The van der Waals surface area contributed by atoms with Crippen molar-refractivity contribution in [1.29, 1.82) is 0 Å². The third-order valence-electron chi connectivity index (χ3n) is 4.34. The van der Waals surface area contributed by atoms with E-state index in [4.69, 9.17) is 10.5 Å². The van der Waals surface area contributed by atoms with Crippen LogP contribution >= 0.6 is 0 Å². The molecule has 1 heterocycles. The van der Waals surface area contributed by atoms with Gasteiger partial charge in [0, 0.05) is 18.6 Å². The standard InChI is InChI=1S/C13H26N2O/c1-2-12-10-16-8-7-15(12)13-6-4-3-5-11(13)9-14/h11-13H,2-10,14H2,1H3. The van der Waals surface area contributed by atoms with E-state index in [0.717, 1.165) is 38.3 Å². The van der Waals surface area contributed by atoms with Crippen LogP contribution in [0.2, 0.25) is 0 Å². The Bertz CT molecular complexity index is 188. The van der Waals surface area contributed by atoms with Crippen molar-refractivity contribution < 1.29 is 4.74 Å². The summed E-state index contributed by atoms with van der Waals surface area (Å²) >= 11 is 0. The molecule has 0 bridgehead atoms. The van der Waals surface area contributed by atoms with Gasteiger partial charge < -0.3 is 10.5 Å². The van der Waals surface area contributed by atoms with Gasteiger partial charge in [0.2, 0.25) is 0 Å². The molecule has 1 saturated heterocycles. The second-order valence-electron chi connectivity index (χ2n) is 5.22. The number of nitrogens with zero attached hydrogens (tertiary/aromatic N) is 1. The Labute approximate surface area is 99.3 Å². The molecule has 2 aliphatic rings. The highest BCUT2D eigenvalue weighted by Gasteiger charge is 2.34. The Morgan fingerprint density at radius 1 is 1.31 bits per heavy atom. The van der Waals surface area contributed by atoms with E-state index in [9.17, 15) is 0 Å². The number of ether oxygens (including phenoxy) is 1. The lowest BCUT2D eigenvalue weighted by Crippen LogP contribution is -2.54. The van der Waals surface area contributed by atoms with E-state index in [1.54, 1.807) is 0 Å². The molecule has 0 radical (unpaired) electrons. The largest absolute Gasteiger partial charge is 0.378 e. The predicted octanol–water partition coefficient (Wildman–Crippen LogP) is 1.61. The normalized spacial score (nSPS) is 37.5. The first-order valence-corrected chi connectivity index (χ1v) is 6.90. The summed E-state index contributed by atoms with van der Waals surface area (Å²) in [6.45, 7) is 6.07. The van der Waals surface area contributed by atoms with Crippen molar-refractivity contribution in [3.8, 4) is 0 Å². The molecule has 3 heteroatoms. The van der Waals surface area contributed by atoms with Crippen LogP contribution in [0.15, 0.2) is 0 Å². The topological polar surface area (TPSA) is 38.5 Å². The Balaban J connectivity index is 2.01. The molecule has 3 unspecified atom stereocenters. The van der Waals surface area contributed by atoms with Crippen LogP contribution < -0.4 is 5.73 Å². The van der Waals surface area contributed by atoms with E-state index < -0.39 is 0 Å². The van der Waals surface area contributed by atoms with Gasteiger partial charge in [0.15, 0.2) is 0 Å². The summed E-state index contributed by atoms with van der Waals surface area (Å²) in [6.07, 6.45) is 6.63. The highest BCUT2D eigenvalue weighted by Crippen LogP contribution is 2.30. The molecule has 2 N–H and O–H groups in total. The molecule has 94 valence electrons. The Morgan fingerprint density at radius 2 is 2.12 bits per heavy atom. The maximum absolute atomic E-state index is 5.93. The van der Waals surface area contributed by atoms with Crippen LogP contribution in [-0.4, -0.2) is 43.3 Å². The van der Waals surface area contributed by atoms with E-state index in [1.807, 2.05) is 0 Å². The summed E-state index contributed by atoms with van der Waals surface area (Å²) in [4.78, 5) is 2.69. The predicted molar refractivity (Wildman–Crippen MR) is 66.4 cm³/mol. The summed E-state index contributed by atoms with van der Waals surface area (Å²) in [7, 11) is 0. The minimum atomic E-state index is 0.630. The van der Waals surface area contributed by atoms with Crippen LogP contribution in [-0.2, 0) is 4.74 Å². The van der Waals surface area contributed by atoms with Gasteiger partial charge in [0.25, 0.3) is 0 Å². The maximum atomic E-state index is 5.93. The number of hydrogen-bond donors (Lipinski definition) is 1. The third-order valence-corrected chi connectivity index (χ3v) is 4.34. The molecule has 3 nitrogen and oxygen atoms in total. The van der Waals surface area contributed by atoms with Crippen LogP contribution in [0, 0.1) is 5.92 Å². The fourth-order valence-electron chi connectivity index (χ4n) is 3.36. The molecule has 2 fully saturated rings. The summed E-state index contributed by atoms with van der Waals surface area (Å²) < 4.78 is 5.59. The first-order chi connectivity index (χ1) is 7.86. The quantitative estimate of drug-likeness (QED) is 0.794. The summed E-state index contributed by atoms with van der Waals surface area (Å²) in [5, 5.41) is 0. The monoisotopic (exact) mass is 226 g/mol. The molecule has 0 aromatic carbocycles. The molecular formula is C13H26N2O. The van der Waals surface area contributed by atoms with Gasteiger partial charge in [-0.1, -0.05) is 19.8 Å². The second kappa shape index (κ2) is 5.99. The van der Waals surface area contributed by atoms with Gasteiger partial charge >= 0.3 is 0 Å². The van der Waals surface area contributed by atoms with E-state index in [-0.39, 0.29) is 0 Å². The van der Waals surface area contributed by atoms with E-state index in [1.165, 1.54) is 32.1 Å². The molecular weight excluding hydrogens is 200 g/mol. The zero-order valence-corrected chi connectivity index (χ0v) is 10.5. The fourth-order valence-corrected chi connectivity index (χ4v) is 3.36. The van der Waals surface area contributed by atoms with Crippen LogP contribution in [0.25, 0.3) is 0 Å². The Hall–Kier alpha value is -0.120. The number of nitrogens with two attached hydrogens (primary N) is 1. The summed E-state index contributed by atoms with van der Waals surface area (Å²) in [6, 6.07) is 1.36. The van der Waals surface area contributed by atoms with Gasteiger partial charge in [-0.05, 0) is 31.7 Å². The molecule has 2 rings (SSSR count). The highest BCUT2D eigenvalue weighted by molar-refractivity contribution is 4.88. The van der Waals surface area contributed by atoms with Crippen molar-refractivity contribution in [3.05, 3.63) is 0 Å². The zero-order chi connectivity index (χ0) is 11.4. The fraction of sp³-hybridized carbons (Fsp3) is 1.00. The highest BCUT2D eigenvalue weighted by atomic mass is 16.5. The van der Waals surface area contributed by atoms with Crippen molar-refractivity contribution in [1.82, 2.24) is 4.90 Å². The Morgan fingerprint density at radius 3 is 2.88 bits per heavy atom. The number of morpholine rings is 1. The van der Waals surface area contributed by atoms with Gasteiger partial charge in [-0.25, -0.2) is 0 Å². The molecule has 0 aromatic heterocycles. The van der Waals surface area contributed by atoms with Gasteiger partial charge in [0.1, 0.15) is 0 Å². The molecule has 0 spiro atoms. The third kappa shape index (κ3) is 2.58. The van der Waals surface area contributed by atoms with Crippen molar-refractivity contribution in [2.75, 3.05) is 26.3 Å². The van der Waals surface area contributed by atoms with Gasteiger partial charge in [-0.2, -0.15) is 0 Å². The first kappa shape index (κ1) is 12.3. The van der Waals surface area contributed by atoms with Gasteiger partial charge in [-0.3, -0.25) is 4.90 Å². The lowest BCUT2D eigenvalue weighted by Gasteiger charge is -2.45. The molecule has 1 aliphatic heterocycles. The lowest BCUT2D eigenvalue weighted by atomic mass is 9.82. The molecule has 3 atom stereocenters. The molecule has 1 aliphatic carbocycles. The summed E-state index contributed by atoms with van der Waals surface area (Å²) in [5.41, 5.74) is 5.93.